The van der Waals surface area contributed by atoms with Crippen molar-refractivity contribution in [3.63, 3.8) is 0 Å². The Bertz CT molecular complexity index is 336. The van der Waals surface area contributed by atoms with Crippen LogP contribution in [0.2, 0.25) is 0 Å². The summed E-state index contributed by atoms with van der Waals surface area (Å²) in [7, 11) is 0. The SMILES string of the molecule is Cc1oncc1C(=O)NC(CBr)C(C)C. The molecule has 0 fully saturated rings. The van der Waals surface area contributed by atoms with Crippen molar-refractivity contribution >= 4 is 21.8 Å². The molecule has 5 heteroatoms. The van der Waals surface area contributed by atoms with Gasteiger partial charge in [0, 0.05) is 11.4 Å². The Morgan fingerprint density at radius 2 is 2.33 bits per heavy atom. The van der Waals surface area contributed by atoms with E-state index in [1.165, 1.54) is 6.20 Å². The lowest BCUT2D eigenvalue weighted by Crippen LogP contribution is -2.39. The van der Waals surface area contributed by atoms with Gasteiger partial charge in [-0.2, -0.15) is 0 Å². The number of aromatic nitrogens is 1. The Kier molecular flexibility index (Phi) is 4.32. The van der Waals surface area contributed by atoms with Crippen LogP contribution in [0.4, 0.5) is 0 Å². The molecule has 1 heterocycles. The van der Waals surface area contributed by atoms with Gasteiger partial charge in [-0.25, -0.2) is 0 Å². The van der Waals surface area contributed by atoms with Gasteiger partial charge in [0.2, 0.25) is 0 Å². The second-order valence-electron chi connectivity index (χ2n) is 3.77. The Hall–Kier alpha value is -0.840. The van der Waals surface area contributed by atoms with E-state index in [2.05, 4.69) is 40.3 Å². The maximum Gasteiger partial charge on any atom is 0.256 e. The summed E-state index contributed by atoms with van der Waals surface area (Å²) in [6, 6.07) is 0.117. The number of nitrogens with zero attached hydrogens (tertiary/aromatic N) is 1. The van der Waals surface area contributed by atoms with Gasteiger partial charge in [0.05, 0.1) is 6.20 Å². The zero-order valence-electron chi connectivity index (χ0n) is 9.08. The van der Waals surface area contributed by atoms with Gasteiger partial charge in [0.1, 0.15) is 11.3 Å². The lowest BCUT2D eigenvalue weighted by molar-refractivity contribution is 0.0930. The average molecular weight is 275 g/mol. The molecule has 0 spiro atoms. The molecular weight excluding hydrogens is 260 g/mol. The largest absolute Gasteiger partial charge is 0.361 e. The minimum atomic E-state index is -0.132. The van der Waals surface area contributed by atoms with Crippen LogP contribution in [0.25, 0.3) is 0 Å². The van der Waals surface area contributed by atoms with Crippen molar-refractivity contribution in [2.75, 3.05) is 5.33 Å². The number of nitrogens with one attached hydrogen (secondary N) is 1. The Balaban J connectivity index is 2.67. The number of hydrogen-bond donors (Lipinski definition) is 1. The highest BCUT2D eigenvalue weighted by atomic mass is 79.9. The number of rotatable bonds is 4. The molecule has 15 heavy (non-hydrogen) atoms. The molecule has 0 aromatic carbocycles. The number of aryl methyl sites for hydroxylation is 1. The van der Waals surface area contributed by atoms with Crippen LogP contribution in [-0.2, 0) is 0 Å². The van der Waals surface area contributed by atoms with Gasteiger partial charge in [0.25, 0.3) is 5.91 Å². The maximum atomic E-state index is 11.8. The molecule has 0 aliphatic carbocycles. The van der Waals surface area contributed by atoms with Gasteiger partial charge < -0.3 is 9.84 Å². The zero-order chi connectivity index (χ0) is 11.4. The molecule has 1 amide bonds. The standard InChI is InChI=1S/C10H15BrN2O2/c1-6(2)9(4-11)13-10(14)8-5-12-15-7(8)3/h5-6,9H,4H2,1-3H3,(H,13,14). The summed E-state index contributed by atoms with van der Waals surface area (Å²) in [5.74, 6) is 0.796. The van der Waals surface area contributed by atoms with Crippen molar-refractivity contribution in [1.82, 2.24) is 10.5 Å². The van der Waals surface area contributed by atoms with Crippen molar-refractivity contribution in [2.24, 2.45) is 5.92 Å². The van der Waals surface area contributed by atoms with E-state index in [1.54, 1.807) is 6.92 Å². The monoisotopic (exact) mass is 274 g/mol. The third kappa shape index (κ3) is 3.06. The minimum Gasteiger partial charge on any atom is -0.361 e. The molecule has 0 saturated carbocycles. The number of amides is 1. The normalized spacial score (nSPS) is 12.9. The predicted octanol–water partition coefficient (Wildman–Crippen LogP) is 2.13. The van der Waals surface area contributed by atoms with Crippen molar-refractivity contribution in [2.45, 2.75) is 26.8 Å². The van der Waals surface area contributed by atoms with Gasteiger partial charge in [0.15, 0.2) is 0 Å². The van der Waals surface area contributed by atoms with E-state index >= 15 is 0 Å². The van der Waals surface area contributed by atoms with Gasteiger partial charge in [-0.15, -0.1) is 0 Å². The first-order chi connectivity index (χ1) is 7.06. The molecular formula is C10H15BrN2O2. The first kappa shape index (κ1) is 12.2. The lowest BCUT2D eigenvalue weighted by Gasteiger charge is -2.19. The first-order valence-corrected chi connectivity index (χ1v) is 5.96. The minimum absolute atomic E-state index is 0.117. The van der Waals surface area contributed by atoms with Crippen LogP contribution in [0.5, 0.6) is 0 Å². The van der Waals surface area contributed by atoms with Gasteiger partial charge >= 0.3 is 0 Å². The average Bonchev–Trinajstić information content (AvgIpc) is 2.60. The Morgan fingerprint density at radius 1 is 1.67 bits per heavy atom. The van der Waals surface area contributed by atoms with Gasteiger partial charge in [-0.3, -0.25) is 4.79 Å². The molecule has 0 aliphatic rings. The second-order valence-corrected chi connectivity index (χ2v) is 4.42. The third-order valence-corrected chi connectivity index (χ3v) is 2.98. The Labute approximate surface area is 97.5 Å². The van der Waals surface area contributed by atoms with Crippen LogP contribution in [0.15, 0.2) is 10.7 Å². The highest BCUT2D eigenvalue weighted by Crippen LogP contribution is 2.09. The van der Waals surface area contributed by atoms with Crippen molar-refractivity contribution < 1.29 is 9.32 Å². The smallest absolute Gasteiger partial charge is 0.256 e. The number of carbonyl (C=O) groups is 1. The topological polar surface area (TPSA) is 55.1 Å². The zero-order valence-corrected chi connectivity index (χ0v) is 10.7. The molecule has 84 valence electrons. The second kappa shape index (κ2) is 5.30. The molecule has 1 unspecified atom stereocenters. The number of hydrogen-bond acceptors (Lipinski definition) is 3. The first-order valence-electron chi connectivity index (χ1n) is 4.84. The molecule has 0 radical (unpaired) electrons. The summed E-state index contributed by atoms with van der Waals surface area (Å²) in [5.41, 5.74) is 0.501. The third-order valence-electron chi connectivity index (χ3n) is 2.28. The van der Waals surface area contributed by atoms with Crippen LogP contribution in [0.1, 0.15) is 30.0 Å². The van der Waals surface area contributed by atoms with Crippen LogP contribution < -0.4 is 5.32 Å². The van der Waals surface area contributed by atoms with Crippen LogP contribution in [-0.4, -0.2) is 22.4 Å². The molecule has 1 rings (SSSR count). The summed E-state index contributed by atoms with van der Waals surface area (Å²) in [6.45, 7) is 5.85. The predicted molar refractivity (Wildman–Crippen MR) is 61.1 cm³/mol. The maximum absolute atomic E-state index is 11.8. The quantitative estimate of drug-likeness (QED) is 0.856. The highest BCUT2D eigenvalue weighted by Gasteiger charge is 2.18. The van der Waals surface area contributed by atoms with Crippen LogP contribution >= 0.6 is 15.9 Å². The van der Waals surface area contributed by atoms with E-state index in [0.29, 0.717) is 17.2 Å². The number of halogens is 1. The van der Waals surface area contributed by atoms with Gasteiger partial charge in [-0.05, 0) is 12.8 Å². The van der Waals surface area contributed by atoms with Gasteiger partial charge in [-0.1, -0.05) is 34.9 Å². The van der Waals surface area contributed by atoms with Crippen molar-refractivity contribution in [3.05, 3.63) is 17.5 Å². The molecule has 1 aromatic rings. The van der Waals surface area contributed by atoms with E-state index < -0.39 is 0 Å². The van der Waals surface area contributed by atoms with E-state index in [4.69, 9.17) is 4.52 Å². The lowest BCUT2D eigenvalue weighted by atomic mass is 10.1. The number of alkyl halides is 1. The highest BCUT2D eigenvalue weighted by molar-refractivity contribution is 9.09. The van der Waals surface area contributed by atoms with E-state index in [0.717, 1.165) is 5.33 Å². The van der Waals surface area contributed by atoms with Crippen molar-refractivity contribution in [3.8, 4) is 0 Å². The molecule has 0 bridgehead atoms. The molecule has 4 nitrogen and oxygen atoms in total. The molecule has 0 saturated heterocycles. The Morgan fingerprint density at radius 3 is 2.73 bits per heavy atom. The summed E-state index contributed by atoms with van der Waals surface area (Å²) in [5, 5.41) is 7.23. The fourth-order valence-electron chi connectivity index (χ4n) is 1.15. The molecule has 0 aliphatic heterocycles. The molecule has 1 N–H and O–H groups in total. The summed E-state index contributed by atoms with van der Waals surface area (Å²) >= 11 is 3.37. The van der Waals surface area contributed by atoms with E-state index in [9.17, 15) is 4.79 Å². The molecule has 1 atom stereocenters. The fourth-order valence-corrected chi connectivity index (χ4v) is 2.06. The summed E-state index contributed by atoms with van der Waals surface area (Å²) < 4.78 is 4.84. The van der Waals surface area contributed by atoms with Crippen LogP contribution in [0, 0.1) is 12.8 Å². The van der Waals surface area contributed by atoms with Crippen molar-refractivity contribution in [1.29, 1.82) is 0 Å². The molecule has 1 aromatic heterocycles. The summed E-state index contributed by atoms with van der Waals surface area (Å²) in [4.78, 5) is 11.8. The summed E-state index contributed by atoms with van der Waals surface area (Å²) in [6.07, 6.45) is 1.44. The fraction of sp³-hybridized carbons (Fsp3) is 0.600. The van der Waals surface area contributed by atoms with E-state index in [1.807, 2.05) is 0 Å². The van der Waals surface area contributed by atoms with E-state index in [-0.39, 0.29) is 11.9 Å². The number of carbonyl (C=O) groups excluding carboxylic acids is 1. The van der Waals surface area contributed by atoms with Crippen LogP contribution in [0.3, 0.4) is 0 Å².